The molecule has 0 aliphatic heterocycles. The van der Waals surface area contributed by atoms with Crippen LogP contribution in [0.1, 0.15) is 34.1 Å². The third-order valence-corrected chi connectivity index (χ3v) is 1.17. The zero-order chi connectivity index (χ0) is 7.98. The quantitative estimate of drug-likeness (QED) is 0.523. The highest BCUT2D eigenvalue weighted by atomic mass is 13.9. The summed E-state index contributed by atoms with van der Waals surface area (Å²) in [7, 11) is 0. The molecule has 10 heavy (non-hydrogen) atoms. The van der Waals surface area contributed by atoms with Gasteiger partial charge in [0, 0.05) is 0 Å². The van der Waals surface area contributed by atoms with Gasteiger partial charge in [-0.15, -0.1) is 0 Å². The van der Waals surface area contributed by atoms with E-state index in [9.17, 15) is 0 Å². The van der Waals surface area contributed by atoms with Crippen molar-refractivity contribution in [3.05, 3.63) is 23.8 Å². The van der Waals surface area contributed by atoms with Crippen molar-refractivity contribution in [3.63, 3.8) is 0 Å². The number of rotatable bonds is 3. The van der Waals surface area contributed by atoms with Gasteiger partial charge in [-0.3, -0.25) is 0 Å². The Morgan fingerprint density at radius 1 is 1.30 bits per heavy atom. The van der Waals surface area contributed by atoms with E-state index in [2.05, 4.69) is 45.9 Å². The molecule has 0 rings (SSSR count). The molecule has 0 aromatic rings. The first-order valence-corrected chi connectivity index (χ1v) is 3.93. The maximum atomic E-state index is 2.23. The summed E-state index contributed by atoms with van der Waals surface area (Å²) < 4.78 is 0. The summed E-state index contributed by atoms with van der Waals surface area (Å²) in [5.74, 6) is 0.779. The van der Waals surface area contributed by atoms with E-state index in [0.717, 1.165) is 5.92 Å². The van der Waals surface area contributed by atoms with Crippen molar-refractivity contribution in [1.82, 2.24) is 0 Å². The molecule has 58 valence electrons. The fourth-order valence-corrected chi connectivity index (χ4v) is 0.611. The first-order chi connectivity index (χ1) is 4.63. The predicted molar refractivity (Wildman–Crippen MR) is 48.0 cm³/mol. The Kier molecular flexibility index (Phi) is 5.00. The molecule has 0 bridgehead atoms. The van der Waals surface area contributed by atoms with Crippen LogP contribution in [-0.2, 0) is 0 Å². The monoisotopic (exact) mass is 138 g/mol. The maximum absolute atomic E-state index is 2.23. The summed E-state index contributed by atoms with van der Waals surface area (Å²) in [6, 6.07) is 0. The molecule has 0 saturated heterocycles. The zero-order valence-electron chi connectivity index (χ0n) is 7.52. The molecule has 0 aliphatic carbocycles. The van der Waals surface area contributed by atoms with E-state index >= 15 is 0 Å². The zero-order valence-corrected chi connectivity index (χ0v) is 7.52. The van der Waals surface area contributed by atoms with Crippen molar-refractivity contribution in [2.45, 2.75) is 34.1 Å². The molecule has 0 saturated carbocycles. The predicted octanol–water partition coefficient (Wildman–Crippen LogP) is 3.55. The Labute approximate surface area is 64.6 Å². The number of allylic oxidation sites excluding steroid dienone is 4. The van der Waals surface area contributed by atoms with E-state index in [1.807, 2.05) is 0 Å². The van der Waals surface area contributed by atoms with Crippen LogP contribution in [0.15, 0.2) is 23.8 Å². The van der Waals surface area contributed by atoms with Gasteiger partial charge < -0.3 is 0 Å². The van der Waals surface area contributed by atoms with Crippen molar-refractivity contribution in [1.29, 1.82) is 0 Å². The van der Waals surface area contributed by atoms with E-state index in [0.29, 0.717) is 0 Å². The second-order valence-electron chi connectivity index (χ2n) is 3.30. The maximum Gasteiger partial charge on any atom is -0.0324 e. The van der Waals surface area contributed by atoms with Gasteiger partial charge in [0.05, 0.1) is 0 Å². The van der Waals surface area contributed by atoms with Gasteiger partial charge in [-0.05, 0) is 26.2 Å². The highest BCUT2D eigenvalue weighted by Gasteiger charge is 1.84. The Hall–Kier alpha value is -0.520. The summed E-state index contributed by atoms with van der Waals surface area (Å²) >= 11 is 0. The summed E-state index contributed by atoms with van der Waals surface area (Å²) in [5.41, 5.74) is 1.36. The first kappa shape index (κ1) is 9.48. The second kappa shape index (κ2) is 5.28. The average molecular weight is 138 g/mol. The molecule has 0 radical (unpaired) electrons. The van der Waals surface area contributed by atoms with Gasteiger partial charge in [-0.25, -0.2) is 0 Å². The van der Waals surface area contributed by atoms with Crippen molar-refractivity contribution in [2.75, 3.05) is 0 Å². The van der Waals surface area contributed by atoms with Gasteiger partial charge in [0.2, 0.25) is 0 Å². The van der Waals surface area contributed by atoms with Crippen LogP contribution in [-0.4, -0.2) is 0 Å². The average Bonchev–Trinajstić information content (AvgIpc) is 1.79. The van der Waals surface area contributed by atoms with Crippen LogP contribution in [0.25, 0.3) is 0 Å². The van der Waals surface area contributed by atoms with Crippen molar-refractivity contribution < 1.29 is 0 Å². The lowest BCUT2D eigenvalue weighted by Crippen LogP contribution is -1.80. The van der Waals surface area contributed by atoms with E-state index in [1.54, 1.807) is 0 Å². The van der Waals surface area contributed by atoms with E-state index in [1.165, 1.54) is 12.0 Å². The minimum absolute atomic E-state index is 0.779. The molecule has 0 N–H and O–H groups in total. The van der Waals surface area contributed by atoms with Crippen LogP contribution in [0.5, 0.6) is 0 Å². The van der Waals surface area contributed by atoms with Crippen molar-refractivity contribution in [2.24, 2.45) is 5.92 Å². The van der Waals surface area contributed by atoms with E-state index in [-0.39, 0.29) is 0 Å². The number of hydrogen-bond donors (Lipinski definition) is 0. The fraction of sp³-hybridized carbons (Fsp3) is 0.600. The summed E-state index contributed by atoms with van der Waals surface area (Å²) in [5, 5.41) is 0. The second-order valence-corrected chi connectivity index (χ2v) is 3.30. The van der Waals surface area contributed by atoms with Crippen LogP contribution >= 0.6 is 0 Å². The van der Waals surface area contributed by atoms with Gasteiger partial charge in [-0.1, -0.05) is 37.6 Å². The van der Waals surface area contributed by atoms with Crippen LogP contribution < -0.4 is 0 Å². The lowest BCUT2D eigenvalue weighted by atomic mass is 10.1. The van der Waals surface area contributed by atoms with E-state index < -0.39 is 0 Å². The SMILES string of the molecule is CC(C)=C/C=C/CC(C)C. The highest BCUT2D eigenvalue weighted by Crippen LogP contribution is 2.00. The van der Waals surface area contributed by atoms with Gasteiger partial charge in [-0.2, -0.15) is 0 Å². The van der Waals surface area contributed by atoms with Crippen molar-refractivity contribution in [3.8, 4) is 0 Å². The highest BCUT2D eigenvalue weighted by molar-refractivity contribution is 5.08. The van der Waals surface area contributed by atoms with Gasteiger partial charge in [0.1, 0.15) is 0 Å². The van der Waals surface area contributed by atoms with Gasteiger partial charge in [0.15, 0.2) is 0 Å². The molecule has 0 atom stereocenters. The summed E-state index contributed by atoms with van der Waals surface area (Å²) in [4.78, 5) is 0. The third kappa shape index (κ3) is 7.48. The van der Waals surface area contributed by atoms with Crippen molar-refractivity contribution >= 4 is 0 Å². The largest absolute Gasteiger partial charge is 0.0843 e. The Balaban J connectivity index is 3.48. The topological polar surface area (TPSA) is 0 Å². The van der Waals surface area contributed by atoms with Gasteiger partial charge in [0.25, 0.3) is 0 Å². The molecular formula is C10H18. The molecule has 0 spiro atoms. The fourth-order valence-electron chi connectivity index (χ4n) is 0.611. The molecule has 0 amide bonds. The van der Waals surface area contributed by atoms with Crippen LogP contribution in [0.4, 0.5) is 0 Å². The third-order valence-electron chi connectivity index (χ3n) is 1.17. The van der Waals surface area contributed by atoms with Crippen LogP contribution in [0, 0.1) is 5.92 Å². The van der Waals surface area contributed by atoms with Gasteiger partial charge >= 0.3 is 0 Å². The molecule has 0 aliphatic rings. The lowest BCUT2D eigenvalue weighted by molar-refractivity contribution is 0.664. The van der Waals surface area contributed by atoms with Crippen LogP contribution in [0.3, 0.4) is 0 Å². The normalized spacial score (nSPS) is 10.9. The summed E-state index contributed by atoms with van der Waals surface area (Å²) in [6.45, 7) is 8.68. The summed E-state index contributed by atoms with van der Waals surface area (Å²) in [6.07, 6.45) is 7.68. The number of hydrogen-bond acceptors (Lipinski definition) is 0. The minimum atomic E-state index is 0.779. The minimum Gasteiger partial charge on any atom is -0.0843 e. The smallest absolute Gasteiger partial charge is 0.0324 e. The first-order valence-electron chi connectivity index (χ1n) is 3.93. The molecule has 0 nitrogen and oxygen atoms in total. The molecular weight excluding hydrogens is 120 g/mol. The Bertz CT molecular complexity index is 123. The van der Waals surface area contributed by atoms with Crippen LogP contribution in [0.2, 0.25) is 0 Å². The van der Waals surface area contributed by atoms with E-state index in [4.69, 9.17) is 0 Å². The molecule has 0 aromatic heterocycles. The lowest BCUT2D eigenvalue weighted by Gasteiger charge is -1.94. The molecule has 0 heteroatoms. The molecule has 0 unspecified atom stereocenters. The standard InChI is InChI=1S/C10H18/c1-9(2)7-5-6-8-10(3)4/h5-7,10H,8H2,1-4H3/b6-5+. The Morgan fingerprint density at radius 2 is 1.90 bits per heavy atom. The molecule has 0 heterocycles. The molecule has 0 fully saturated rings. The molecule has 0 aromatic carbocycles. The Morgan fingerprint density at radius 3 is 2.30 bits per heavy atom.